The fraction of sp³-hybridized carbons (Fsp3) is 0.714. The maximum atomic E-state index is 11.8. The number of aryl methyl sites for hydroxylation is 1. The van der Waals surface area contributed by atoms with Crippen molar-refractivity contribution >= 4 is 5.97 Å². The molecule has 1 heterocycles. The van der Waals surface area contributed by atoms with Crippen molar-refractivity contribution in [1.82, 2.24) is 15.1 Å². The first-order valence-corrected chi connectivity index (χ1v) is 7.11. The Balaban J connectivity index is 1.80. The fourth-order valence-corrected chi connectivity index (χ4v) is 2.18. The van der Waals surface area contributed by atoms with Crippen molar-refractivity contribution in [3.8, 4) is 0 Å². The molecular weight excluding hydrogens is 242 g/mol. The lowest BCUT2D eigenvalue weighted by molar-refractivity contribution is 0.0524. The van der Waals surface area contributed by atoms with Gasteiger partial charge in [0.15, 0.2) is 0 Å². The van der Waals surface area contributed by atoms with Gasteiger partial charge < -0.3 is 10.1 Å². The summed E-state index contributed by atoms with van der Waals surface area (Å²) in [4.78, 5) is 11.8. The zero-order valence-electron chi connectivity index (χ0n) is 11.8. The zero-order chi connectivity index (χ0) is 13.7. The maximum Gasteiger partial charge on any atom is 0.341 e. The van der Waals surface area contributed by atoms with Gasteiger partial charge in [-0.05, 0) is 32.2 Å². The summed E-state index contributed by atoms with van der Waals surface area (Å²) in [5, 5.41) is 7.51. The number of hydrogen-bond donors (Lipinski definition) is 1. The summed E-state index contributed by atoms with van der Waals surface area (Å²) >= 11 is 0. The highest BCUT2D eigenvalue weighted by Gasteiger charge is 2.20. The van der Waals surface area contributed by atoms with Crippen molar-refractivity contribution in [2.24, 2.45) is 13.0 Å². The molecule has 19 heavy (non-hydrogen) atoms. The second kappa shape index (κ2) is 6.70. The fourth-order valence-electron chi connectivity index (χ4n) is 2.18. The molecule has 2 rings (SSSR count). The number of esters is 1. The van der Waals surface area contributed by atoms with E-state index in [-0.39, 0.29) is 5.97 Å². The summed E-state index contributed by atoms with van der Waals surface area (Å²) in [6.07, 6.45) is 6.93. The number of rotatable bonds is 8. The monoisotopic (exact) mass is 265 g/mol. The average molecular weight is 265 g/mol. The number of ether oxygens (including phenoxy) is 1. The summed E-state index contributed by atoms with van der Waals surface area (Å²) in [7, 11) is 1.85. The van der Waals surface area contributed by atoms with Crippen LogP contribution in [0.2, 0.25) is 0 Å². The Labute approximate surface area is 114 Å². The van der Waals surface area contributed by atoms with Gasteiger partial charge in [0.1, 0.15) is 5.56 Å². The van der Waals surface area contributed by atoms with Gasteiger partial charge in [0.2, 0.25) is 0 Å². The highest BCUT2D eigenvalue weighted by Crippen LogP contribution is 2.33. The van der Waals surface area contributed by atoms with Crippen LogP contribution in [0.5, 0.6) is 0 Å². The highest BCUT2D eigenvalue weighted by molar-refractivity contribution is 5.90. The Bertz CT molecular complexity index is 424. The van der Waals surface area contributed by atoms with Crippen LogP contribution in [0.1, 0.15) is 48.7 Å². The van der Waals surface area contributed by atoms with Crippen LogP contribution >= 0.6 is 0 Å². The second-order valence-electron chi connectivity index (χ2n) is 5.11. The van der Waals surface area contributed by atoms with Crippen molar-refractivity contribution < 1.29 is 9.53 Å². The Morgan fingerprint density at radius 3 is 3.05 bits per heavy atom. The van der Waals surface area contributed by atoms with E-state index in [1.54, 1.807) is 10.9 Å². The molecule has 1 aliphatic rings. The van der Waals surface area contributed by atoms with Gasteiger partial charge >= 0.3 is 5.97 Å². The van der Waals surface area contributed by atoms with Gasteiger partial charge in [-0.3, -0.25) is 4.68 Å². The van der Waals surface area contributed by atoms with E-state index >= 15 is 0 Å². The van der Waals surface area contributed by atoms with E-state index in [2.05, 4.69) is 10.4 Å². The van der Waals surface area contributed by atoms with E-state index in [0.29, 0.717) is 18.7 Å². The van der Waals surface area contributed by atoms with Gasteiger partial charge in [0.05, 0.1) is 18.5 Å². The summed E-state index contributed by atoms with van der Waals surface area (Å²) in [6.45, 7) is 3.85. The molecule has 0 aliphatic heterocycles. The number of nitrogens with zero attached hydrogens (tertiary/aromatic N) is 2. The molecule has 1 saturated carbocycles. The van der Waals surface area contributed by atoms with Crippen LogP contribution in [-0.4, -0.2) is 28.9 Å². The van der Waals surface area contributed by atoms with Crippen LogP contribution in [0, 0.1) is 5.92 Å². The second-order valence-corrected chi connectivity index (χ2v) is 5.11. The first-order valence-electron chi connectivity index (χ1n) is 7.11. The van der Waals surface area contributed by atoms with Crippen molar-refractivity contribution in [2.45, 2.75) is 39.2 Å². The van der Waals surface area contributed by atoms with Gasteiger partial charge in [-0.25, -0.2) is 4.79 Å². The lowest BCUT2D eigenvalue weighted by Gasteiger charge is -2.07. The lowest BCUT2D eigenvalue weighted by atomic mass is 10.2. The Morgan fingerprint density at radius 2 is 2.37 bits per heavy atom. The largest absolute Gasteiger partial charge is 0.462 e. The molecular formula is C14H23N3O2. The number of aromatic nitrogens is 2. The number of hydrogen-bond acceptors (Lipinski definition) is 4. The minimum atomic E-state index is -0.287. The molecule has 1 fully saturated rings. The van der Waals surface area contributed by atoms with Gasteiger partial charge in [0, 0.05) is 13.6 Å². The zero-order valence-corrected chi connectivity index (χ0v) is 11.8. The van der Waals surface area contributed by atoms with Gasteiger partial charge in [0.25, 0.3) is 0 Å². The molecule has 1 N–H and O–H groups in total. The average Bonchev–Trinajstić information content (AvgIpc) is 3.13. The van der Waals surface area contributed by atoms with Crippen LogP contribution in [0.25, 0.3) is 0 Å². The van der Waals surface area contributed by atoms with Crippen LogP contribution in [0.4, 0.5) is 0 Å². The van der Waals surface area contributed by atoms with Gasteiger partial charge in [-0.15, -0.1) is 0 Å². The third-order valence-electron chi connectivity index (χ3n) is 3.51. The Kier molecular flexibility index (Phi) is 4.96. The molecule has 5 nitrogen and oxygen atoms in total. The van der Waals surface area contributed by atoms with E-state index in [9.17, 15) is 4.79 Å². The SMILES string of the molecule is CCOC(=O)c1cnn(C)c1CNCCCC1CC1. The number of nitrogens with one attached hydrogen (secondary N) is 1. The summed E-state index contributed by atoms with van der Waals surface area (Å²) < 4.78 is 6.77. The minimum Gasteiger partial charge on any atom is -0.462 e. The van der Waals surface area contributed by atoms with Gasteiger partial charge in [-0.2, -0.15) is 5.10 Å². The van der Waals surface area contributed by atoms with Crippen molar-refractivity contribution in [3.63, 3.8) is 0 Å². The predicted molar refractivity (Wildman–Crippen MR) is 72.8 cm³/mol. The third-order valence-corrected chi connectivity index (χ3v) is 3.51. The van der Waals surface area contributed by atoms with Crippen LogP contribution < -0.4 is 5.32 Å². The molecule has 5 heteroatoms. The molecule has 0 amide bonds. The molecule has 1 aliphatic carbocycles. The molecule has 0 bridgehead atoms. The van der Waals surface area contributed by atoms with Crippen molar-refractivity contribution in [1.29, 1.82) is 0 Å². The van der Waals surface area contributed by atoms with Crippen molar-refractivity contribution in [2.75, 3.05) is 13.2 Å². The molecule has 1 aromatic rings. The Hall–Kier alpha value is -1.36. The van der Waals surface area contributed by atoms with Crippen LogP contribution in [0.15, 0.2) is 6.20 Å². The van der Waals surface area contributed by atoms with Crippen LogP contribution in [-0.2, 0) is 18.3 Å². The molecule has 0 unspecified atom stereocenters. The molecule has 106 valence electrons. The summed E-state index contributed by atoms with van der Waals surface area (Å²) in [5.41, 5.74) is 1.46. The van der Waals surface area contributed by atoms with E-state index < -0.39 is 0 Å². The number of carbonyl (C=O) groups is 1. The van der Waals surface area contributed by atoms with E-state index in [0.717, 1.165) is 18.2 Å². The number of carbonyl (C=O) groups excluding carboxylic acids is 1. The standard InChI is InChI=1S/C14H23N3O2/c1-3-19-14(18)12-9-16-17(2)13(12)10-15-8-4-5-11-6-7-11/h9,11,15H,3-8,10H2,1-2H3. The molecule has 0 aromatic carbocycles. The molecule has 0 radical (unpaired) electrons. The quantitative estimate of drug-likeness (QED) is 0.576. The van der Waals surface area contributed by atoms with Crippen molar-refractivity contribution in [3.05, 3.63) is 17.5 Å². The van der Waals surface area contributed by atoms with E-state index in [1.807, 2.05) is 14.0 Å². The summed E-state index contributed by atoms with van der Waals surface area (Å²) in [6, 6.07) is 0. The highest BCUT2D eigenvalue weighted by atomic mass is 16.5. The third kappa shape index (κ3) is 4.06. The van der Waals surface area contributed by atoms with Gasteiger partial charge in [-0.1, -0.05) is 12.8 Å². The summed E-state index contributed by atoms with van der Waals surface area (Å²) in [5.74, 6) is 0.693. The minimum absolute atomic E-state index is 0.287. The molecule has 0 saturated heterocycles. The first-order chi connectivity index (χ1) is 9.22. The first kappa shape index (κ1) is 14.1. The molecule has 0 atom stereocenters. The van der Waals surface area contributed by atoms with Crippen LogP contribution in [0.3, 0.4) is 0 Å². The molecule has 1 aromatic heterocycles. The Morgan fingerprint density at radius 1 is 1.58 bits per heavy atom. The van der Waals surface area contributed by atoms with E-state index in [4.69, 9.17) is 4.74 Å². The van der Waals surface area contributed by atoms with E-state index in [1.165, 1.54) is 25.7 Å². The normalized spacial score (nSPS) is 14.6. The lowest BCUT2D eigenvalue weighted by Crippen LogP contribution is -2.19. The maximum absolute atomic E-state index is 11.8. The predicted octanol–water partition coefficient (Wildman–Crippen LogP) is 1.88. The smallest absolute Gasteiger partial charge is 0.341 e. The topological polar surface area (TPSA) is 56.1 Å². The molecule has 0 spiro atoms.